The summed E-state index contributed by atoms with van der Waals surface area (Å²) in [6.45, 7) is 17.8. The molecule has 2 aromatic rings. The molecule has 1 saturated carbocycles. The number of nitrogens with one attached hydrogen (secondary N) is 2. The van der Waals surface area contributed by atoms with Crippen molar-refractivity contribution in [2.24, 2.45) is 16.8 Å². The first-order chi connectivity index (χ1) is 17.1. The van der Waals surface area contributed by atoms with E-state index >= 15 is 4.39 Å². The summed E-state index contributed by atoms with van der Waals surface area (Å²) in [5, 5.41) is 7.89. The zero-order chi connectivity index (χ0) is 26.5. The highest BCUT2D eigenvalue weighted by atomic mass is 19.1. The Balaban J connectivity index is 1.84. The van der Waals surface area contributed by atoms with Gasteiger partial charge in [0.25, 0.3) is 0 Å². The van der Waals surface area contributed by atoms with Crippen molar-refractivity contribution in [2.45, 2.75) is 85.6 Å². The second-order valence-electron chi connectivity index (χ2n) is 10.8. The number of hydrogen-bond donors (Lipinski definition) is 2. The molecule has 0 aliphatic heterocycles. The Labute approximate surface area is 217 Å². The molecule has 1 aromatic heterocycles. The molecule has 5 heteroatoms. The topological polar surface area (TPSA) is 49.3 Å². The first-order valence-corrected chi connectivity index (χ1v) is 13.6. The van der Waals surface area contributed by atoms with E-state index in [4.69, 9.17) is 9.98 Å². The Morgan fingerprint density at radius 2 is 1.97 bits per heavy atom. The number of rotatable bonds is 13. The van der Waals surface area contributed by atoms with E-state index < -0.39 is 0 Å². The highest BCUT2D eigenvalue weighted by molar-refractivity contribution is 6.00. The van der Waals surface area contributed by atoms with Gasteiger partial charge < -0.3 is 10.6 Å². The third-order valence-corrected chi connectivity index (χ3v) is 7.49. The van der Waals surface area contributed by atoms with Crippen LogP contribution < -0.4 is 10.6 Å². The maximum atomic E-state index is 15.4. The molecule has 1 aliphatic rings. The molecule has 1 fully saturated rings. The molecule has 1 atom stereocenters. The first-order valence-electron chi connectivity index (χ1n) is 13.6. The SMILES string of the molecule is C=C(NC1(CNC)CC1)C(C)CCCc1cc(C(C)=N/C(=C\C)C(C)C)nc2c(F)c(CC)ccc12. The van der Waals surface area contributed by atoms with Crippen molar-refractivity contribution in [1.82, 2.24) is 15.6 Å². The largest absolute Gasteiger partial charge is 0.382 e. The van der Waals surface area contributed by atoms with Gasteiger partial charge in [-0.25, -0.2) is 9.37 Å². The predicted molar refractivity (Wildman–Crippen MR) is 152 cm³/mol. The molecule has 1 heterocycles. The minimum absolute atomic E-state index is 0.198. The van der Waals surface area contributed by atoms with Crippen LogP contribution >= 0.6 is 0 Å². The fourth-order valence-electron chi connectivity index (χ4n) is 4.89. The second kappa shape index (κ2) is 12.1. The van der Waals surface area contributed by atoms with Crippen molar-refractivity contribution < 1.29 is 4.39 Å². The van der Waals surface area contributed by atoms with E-state index in [0.717, 1.165) is 59.6 Å². The maximum Gasteiger partial charge on any atom is 0.152 e. The van der Waals surface area contributed by atoms with Gasteiger partial charge in [0, 0.05) is 28.9 Å². The zero-order valence-corrected chi connectivity index (χ0v) is 23.4. The Morgan fingerprint density at radius 3 is 2.56 bits per heavy atom. The molecule has 196 valence electrons. The Hall–Kier alpha value is -2.53. The summed E-state index contributed by atoms with van der Waals surface area (Å²) < 4.78 is 15.4. The molecule has 1 aromatic carbocycles. The van der Waals surface area contributed by atoms with Crippen molar-refractivity contribution in [3.05, 3.63) is 64.9 Å². The molecular weight excluding hydrogens is 447 g/mol. The van der Waals surface area contributed by atoms with Gasteiger partial charge in [-0.05, 0) is 88.4 Å². The van der Waals surface area contributed by atoms with Crippen LogP contribution in [0.1, 0.15) is 84.0 Å². The van der Waals surface area contributed by atoms with Gasteiger partial charge >= 0.3 is 0 Å². The average Bonchev–Trinajstić information content (AvgIpc) is 3.61. The molecule has 0 saturated heterocycles. The van der Waals surface area contributed by atoms with Crippen molar-refractivity contribution in [2.75, 3.05) is 13.6 Å². The van der Waals surface area contributed by atoms with E-state index in [0.29, 0.717) is 29.3 Å². The number of aromatic nitrogens is 1. The lowest BCUT2D eigenvalue weighted by Gasteiger charge is -2.24. The van der Waals surface area contributed by atoms with E-state index in [1.165, 1.54) is 12.8 Å². The molecule has 1 unspecified atom stereocenters. The van der Waals surface area contributed by atoms with Crippen LogP contribution in [0.4, 0.5) is 4.39 Å². The van der Waals surface area contributed by atoms with Gasteiger partial charge in [-0.15, -0.1) is 0 Å². The molecule has 0 bridgehead atoms. The van der Waals surface area contributed by atoms with Crippen molar-refractivity contribution in [3.8, 4) is 0 Å². The third kappa shape index (κ3) is 6.61. The van der Waals surface area contributed by atoms with Gasteiger partial charge in [0.1, 0.15) is 5.52 Å². The van der Waals surface area contributed by atoms with Gasteiger partial charge in [0.15, 0.2) is 5.82 Å². The summed E-state index contributed by atoms with van der Waals surface area (Å²) in [7, 11) is 2.00. The smallest absolute Gasteiger partial charge is 0.152 e. The Kier molecular flexibility index (Phi) is 9.46. The molecule has 3 rings (SSSR count). The lowest BCUT2D eigenvalue weighted by Crippen LogP contribution is -2.40. The number of aryl methyl sites for hydroxylation is 2. The van der Waals surface area contributed by atoms with Gasteiger partial charge in [-0.2, -0.15) is 0 Å². The molecule has 1 aliphatic carbocycles. The highest BCUT2D eigenvalue weighted by Crippen LogP contribution is 2.36. The van der Waals surface area contributed by atoms with E-state index in [1.807, 2.05) is 46.0 Å². The van der Waals surface area contributed by atoms with Crippen LogP contribution in [-0.4, -0.2) is 29.8 Å². The van der Waals surface area contributed by atoms with E-state index in [2.05, 4.69) is 44.1 Å². The molecule has 0 amide bonds. The van der Waals surface area contributed by atoms with E-state index in [1.54, 1.807) is 0 Å². The molecule has 0 spiro atoms. The number of aliphatic imine (C=N–C) groups is 1. The number of benzene rings is 1. The predicted octanol–water partition coefficient (Wildman–Crippen LogP) is 7.12. The Morgan fingerprint density at radius 1 is 1.25 bits per heavy atom. The molecule has 0 radical (unpaired) electrons. The monoisotopic (exact) mass is 492 g/mol. The minimum atomic E-state index is -0.203. The van der Waals surface area contributed by atoms with Crippen molar-refractivity contribution >= 4 is 16.6 Å². The second-order valence-corrected chi connectivity index (χ2v) is 10.8. The summed E-state index contributed by atoms with van der Waals surface area (Å²) in [5.41, 5.74) is 6.22. The quantitative estimate of drug-likeness (QED) is 0.293. The van der Waals surface area contributed by atoms with Crippen LogP contribution in [0.15, 0.2) is 47.2 Å². The average molecular weight is 493 g/mol. The summed E-state index contributed by atoms with van der Waals surface area (Å²) in [6.07, 6.45) is 7.97. The standard InChI is InChI=1S/C31H45FN4/c1-9-24-14-15-26-25(13-11-12-21(5)22(6)36-31(16-17-31)19-33-8)18-28(35-30(26)29(24)32)23(7)34-27(10-2)20(3)4/h10,14-15,18,20-21,33,36H,6,9,11-13,16-17,19H2,1-5,7-8H3/b27-10-,34-23?. The van der Waals surface area contributed by atoms with Gasteiger partial charge in [0.05, 0.1) is 11.4 Å². The number of likely N-dealkylation sites (N-methyl/N-ethyl adjacent to an activating group) is 1. The normalized spacial score (nSPS) is 16.5. The van der Waals surface area contributed by atoms with Gasteiger partial charge in [0.2, 0.25) is 0 Å². The van der Waals surface area contributed by atoms with Crippen LogP contribution in [0.3, 0.4) is 0 Å². The van der Waals surface area contributed by atoms with Crippen LogP contribution in [0, 0.1) is 17.7 Å². The zero-order valence-electron chi connectivity index (χ0n) is 23.4. The van der Waals surface area contributed by atoms with E-state index in [9.17, 15) is 0 Å². The first kappa shape index (κ1) is 28.0. The summed E-state index contributed by atoms with van der Waals surface area (Å²) >= 11 is 0. The number of halogens is 1. The van der Waals surface area contributed by atoms with Gasteiger partial charge in [-0.1, -0.05) is 52.5 Å². The number of nitrogens with zero attached hydrogens (tertiary/aromatic N) is 2. The van der Waals surface area contributed by atoms with Crippen molar-refractivity contribution in [3.63, 3.8) is 0 Å². The lowest BCUT2D eigenvalue weighted by molar-refractivity contribution is 0.463. The summed E-state index contributed by atoms with van der Waals surface area (Å²) in [5.74, 6) is 0.493. The fourth-order valence-corrected chi connectivity index (χ4v) is 4.89. The summed E-state index contributed by atoms with van der Waals surface area (Å²) in [4.78, 5) is 9.60. The maximum absolute atomic E-state index is 15.4. The van der Waals surface area contributed by atoms with E-state index in [-0.39, 0.29) is 11.4 Å². The number of allylic oxidation sites excluding steroid dienone is 3. The molecule has 4 nitrogen and oxygen atoms in total. The van der Waals surface area contributed by atoms with Crippen LogP contribution in [0.2, 0.25) is 0 Å². The van der Waals surface area contributed by atoms with Crippen molar-refractivity contribution in [1.29, 1.82) is 0 Å². The Bertz CT molecular complexity index is 1140. The third-order valence-electron chi connectivity index (χ3n) is 7.49. The minimum Gasteiger partial charge on any atom is -0.382 e. The number of pyridine rings is 1. The summed E-state index contributed by atoms with van der Waals surface area (Å²) in [6, 6.07) is 6.06. The molecular formula is C31H45FN4. The lowest BCUT2D eigenvalue weighted by atomic mass is 9.95. The number of fused-ring (bicyclic) bond motifs is 1. The highest BCUT2D eigenvalue weighted by Gasteiger charge is 2.42. The number of hydrogen-bond acceptors (Lipinski definition) is 4. The van der Waals surface area contributed by atoms with Crippen LogP contribution in [-0.2, 0) is 12.8 Å². The van der Waals surface area contributed by atoms with Crippen LogP contribution in [0.5, 0.6) is 0 Å². The fraction of sp³-hybridized carbons (Fsp3) is 0.548. The molecule has 2 N–H and O–H groups in total. The molecule has 36 heavy (non-hydrogen) atoms. The van der Waals surface area contributed by atoms with Crippen LogP contribution in [0.25, 0.3) is 10.9 Å². The van der Waals surface area contributed by atoms with Gasteiger partial charge in [-0.3, -0.25) is 4.99 Å².